The number of carbonyl (C=O) groups excluding carboxylic acids is 1. The van der Waals surface area contributed by atoms with Crippen molar-refractivity contribution in [2.45, 2.75) is 38.4 Å². The lowest BCUT2D eigenvalue weighted by Gasteiger charge is -2.20. The molecule has 25 heavy (non-hydrogen) atoms. The summed E-state index contributed by atoms with van der Waals surface area (Å²) in [4.78, 5) is 23.7. The predicted octanol–water partition coefficient (Wildman–Crippen LogP) is 2.18. The zero-order chi connectivity index (χ0) is 17.2. The molecule has 3 aliphatic heterocycles. The highest BCUT2D eigenvalue weighted by atomic mass is 32.1. The third-order valence-corrected chi connectivity index (χ3v) is 5.76. The quantitative estimate of drug-likeness (QED) is 0.847. The molecule has 0 radical (unpaired) electrons. The molecule has 1 saturated heterocycles. The van der Waals surface area contributed by atoms with E-state index in [0.717, 1.165) is 26.1 Å². The minimum atomic E-state index is -0.0706. The van der Waals surface area contributed by atoms with E-state index in [-0.39, 0.29) is 11.9 Å². The van der Waals surface area contributed by atoms with Gasteiger partial charge < -0.3 is 10.6 Å². The normalized spacial score (nSPS) is 27.9. The molecule has 4 heterocycles. The van der Waals surface area contributed by atoms with Crippen LogP contribution >= 0.6 is 11.3 Å². The van der Waals surface area contributed by atoms with Crippen LogP contribution in [-0.4, -0.2) is 47.2 Å². The van der Waals surface area contributed by atoms with E-state index < -0.39 is 0 Å². The molecule has 0 spiro atoms. The van der Waals surface area contributed by atoms with Crippen LogP contribution in [0.4, 0.5) is 5.13 Å². The van der Waals surface area contributed by atoms with Crippen molar-refractivity contribution in [3.8, 4) is 0 Å². The van der Waals surface area contributed by atoms with Gasteiger partial charge in [-0.2, -0.15) is 0 Å². The molecule has 0 bridgehead atoms. The van der Waals surface area contributed by atoms with Gasteiger partial charge in [-0.15, -0.1) is 11.3 Å². The number of amides is 1. The van der Waals surface area contributed by atoms with Gasteiger partial charge in [0.25, 0.3) is 0 Å². The largest absolute Gasteiger partial charge is 0.382 e. The first-order valence-corrected chi connectivity index (χ1v) is 9.58. The van der Waals surface area contributed by atoms with E-state index in [0.29, 0.717) is 17.1 Å². The zero-order valence-corrected chi connectivity index (χ0v) is 15.1. The monoisotopic (exact) mass is 357 g/mol. The Morgan fingerprint density at radius 3 is 3.32 bits per heavy atom. The van der Waals surface area contributed by atoms with Crippen LogP contribution in [-0.2, 0) is 11.3 Å². The highest BCUT2D eigenvalue weighted by Gasteiger charge is 2.27. The number of carbonyl (C=O) groups is 1. The van der Waals surface area contributed by atoms with Crippen LogP contribution in [0.1, 0.15) is 24.6 Å². The first kappa shape index (κ1) is 16.5. The second-order valence-corrected chi connectivity index (χ2v) is 8.08. The Morgan fingerprint density at radius 1 is 1.52 bits per heavy atom. The van der Waals surface area contributed by atoms with Crippen molar-refractivity contribution in [2.24, 2.45) is 10.9 Å². The SMILES string of the molecule is CC(=O)Nc1ncc(CN2CCC(CC3=CC4NC=CC4N=C3)C2)s1. The number of hydrogen-bond acceptors (Lipinski definition) is 6. The fourth-order valence-electron chi connectivity index (χ4n) is 3.71. The van der Waals surface area contributed by atoms with Gasteiger partial charge in [0.05, 0.1) is 12.1 Å². The van der Waals surface area contributed by atoms with E-state index in [1.165, 1.54) is 23.8 Å². The summed E-state index contributed by atoms with van der Waals surface area (Å²) in [5.74, 6) is 0.616. The van der Waals surface area contributed by atoms with E-state index in [1.54, 1.807) is 11.3 Å². The highest BCUT2D eigenvalue weighted by molar-refractivity contribution is 7.15. The smallest absolute Gasteiger partial charge is 0.223 e. The van der Waals surface area contributed by atoms with Crippen LogP contribution in [0.25, 0.3) is 0 Å². The van der Waals surface area contributed by atoms with Gasteiger partial charge in [-0.1, -0.05) is 6.08 Å². The Bertz CT molecular complexity index is 738. The van der Waals surface area contributed by atoms with Crippen molar-refractivity contribution >= 4 is 28.6 Å². The second kappa shape index (κ2) is 7.09. The molecule has 7 heteroatoms. The van der Waals surface area contributed by atoms with Crippen LogP contribution in [0.3, 0.4) is 0 Å². The van der Waals surface area contributed by atoms with Crippen molar-refractivity contribution in [2.75, 3.05) is 18.4 Å². The lowest BCUT2D eigenvalue weighted by molar-refractivity contribution is -0.114. The number of likely N-dealkylation sites (tertiary alicyclic amines) is 1. The van der Waals surface area contributed by atoms with Crippen LogP contribution in [0, 0.1) is 5.92 Å². The number of nitrogens with one attached hydrogen (secondary N) is 2. The summed E-state index contributed by atoms with van der Waals surface area (Å²) in [7, 11) is 0. The molecule has 6 nitrogen and oxygen atoms in total. The molecule has 3 unspecified atom stereocenters. The van der Waals surface area contributed by atoms with Crippen molar-refractivity contribution in [1.82, 2.24) is 15.2 Å². The number of fused-ring (bicyclic) bond motifs is 1. The second-order valence-electron chi connectivity index (χ2n) is 6.97. The molecule has 132 valence electrons. The molecule has 0 aliphatic carbocycles. The van der Waals surface area contributed by atoms with Crippen molar-refractivity contribution < 1.29 is 4.79 Å². The fourth-order valence-corrected chi connectivity index (χ4v) is 4.62. The van der Waals surface area contributed by atoms with E-state index in [2.05, 4.69) is 43.9 Å². The number of rotatable bonds is 5. The van der Waals surface area contributed by atoms with E-state index in [9.17, 15) is 4.79 Å². The molecule has 1 amide bonds. The maximum Gasteiger partial charge on any atom is 0.223 e. The van der Waals surface area contributed by atoms with Crippen LogP contribution in [0.2, 0.25) is 0 Å². The van der Waals surface area contributed by atoms with Gasteiger partial charge in [-0.05, 0) is 43.2 Å². The molecule has 0 aromatic carbocycles. The molecular weight excluding hydrogens is 334 g/mol. The summed E-state index contributed by atoms with van der Waals surface area (Å²) in [6.07, 6.45) is 12.7. The maximum absolute atomic E-state index is 11.1. The molecule has 3 aliphatic rings. The maximum atomic E-state index is 11.1. The number of allylic oxidation sites excluding steroid dienone is 1. The first-order chi connectivity index (χ1) is 12.2. The number of nitrogens with zero attached hydrogens (tertiary/aromatic N) is 3. The number of aromatic nitrogens is 1. The molecule has 4 rings (SSSR count). The highest BCUT2D eigenvalue weighted by Crippen LogP contribution is 2.28. The first-order valence-electron chi connectivity index (χ1n) is 8.77. The Kier molecular flexibility index (Phi) is 4.67. The minimum Gasteiger partial charge on any atom is -0.382 e. The standard InChI is InChI=1S/C18H23N5OS/c1-12(24)22-18-21-9-15(25-18)11-23-5-3-13(10-23)6-14-7-17-16(20-8-14)2-4-19-17/h2,4,7-9,13,16-17,19H,3,5-6,10-11H2,1H3,(H,21,22,24). The van der Waals surface area contributed by atoms with Gasteiger partial charge in [0.15, 0.2) is 5.13 Å². The number of aliphatic imine (C=N–C) groups is 1. The molecule has 1 aromatic heterocycles. The summed E-state index contributed by atoms with van der Waals surface area (Å²) >= 11 is 1.56. The van der Waals surface area contributed by atoms with Gasteiger partial charge in [0.1, 0.15) is 0 Å². The average Bonchev–Trinajstić information content (AvgIpc) is 3.29. The molecule has 3 atom stereocenters. The third-order valence-electron chi connectivity index (χ3n) is 4.87. The van der Waals surface area contributed by atoms with Gasteiger partial charge in [0.2, 0.25) is 5.91 Å². The lowest BCUT2D eigenvalue weighted by Crippen LogP contribution is -2.30. The van der Waals surface area contributed by atoms with Crippen LogP contribution in [0.5, 0.6) is 0 Å². The Balaban J connectivity index is 1.28. The Hall–Kier alpha value is -1.99. The topological polar surface area (TPSA) is 69.6 Å². The fraction of sp³-hybridized carbons (Fsp3) is 0.500. The molecule has 1 aromatic rings. The number of thiazole rings is 1. The molecule has 0 saturated carbocycles. The lowest BCUT2D eigenvalue weighted by atomic mass is 9.95. The number of anilines is 1. The summed E-state index contributed by atoms with van der Waals surface area (Å²) in [6, 6.07) is 0.634. The summed E-state index contributed by atoms with van der Waals surface area (Å²) in [6.45, 7) is 4.65. The summed E-state index contributed by atoms with van der Waals surface area (Å²) in [5, 5.41) is 6.79. The minimum absolute atomic E-state index is 0.0706. The number of dihydropyridines is 1. The van der Waals surface area contributed by atoms with Crippen LogP contribution < -0.4 is 10.6 Å². The Morgan fingerprint density at radius 2 is 2.44 bits per heavy atom. The van der Waals surface area contributed by atoms with E-state index >= 15 is 0 Å². The van der Waals surface area contributed by atoms with Gasteiger partial charge >= 0.3 is 0 Å². The van der Waals surface area contributed by atoms with Crippen molar-refractivity contribution in [3.05, 3.63) is 35.0 Å². The molecule has 2 N–H and O–H groups in total. The summed E-state index contributed by atoms with van der Waals surface area (Å²) < 4.78 is 0. The zero-order valence-electron chi connectivity index (χ0n) is 14.3. The van der Waals surface area contributed by atoms with Gasteiger partial charge in [-0.3, -0.25) is 14.7 Å². The van der Waals surface area contributed by atoms with Gasteiger partial charge in [0, 0.05) is 37.3 Å². The predicted molar refractivity (Wildman–Crippen MR) is 101 cm³/mol. The van der Waals surface area contributed by atoms with E-state index in [4.69, 9.17) is 0 Å². The Labute approximate surface area is 151 Å². The summed E-state index contributed by atoms with van der Waals surface area (Å²) in [5.41, 5.74) is 1.36. The van der Waals surface area contributed by atoms with Gasteiger partial charge in [-0.25, -0.2) is 4.98 Å². The number of hydrogen-bond donors (Lipinski definition) is 2. The van der Waals surface area contributed by atoms with Crippen molar-refractivity contribution in [3.63, 3.8) is 0 Å². The molecule has 1 fully saturated rings. The van der Waals surface area contributed by atoms with E-state index in [1.807, 2.05) is 12.4 Å². The third kappa shape index (κ3) is 3.99. The average molecular weight is 357 g/mol. The van der Waals surface area contributed by atoms with Crippen LogP contribution in [0.15, 0.2) is 35.1 Å². The van der Waals surface area contributed by atoms with Crippen molar-refractivity contribution in [1.29, 1.82) is 0 Å². The molecular formula is C18H23N5OS.